The Bertz CT molecular complexity index is 488. The molecule has 2 aromatic rings. The lowest BCUT2D eigenvalue weighted by atomic mass is 10.2. The number of ether oxygens (including phenoxy) is 1. The van der Waals surface area contributed by atoms with Gasteiger partial charge in [0, 0.05) is 18.5 Å². The number of aromatic nitrogens is 2. The zero-order valence-electron chi connectivity index (χ0n) is 8.00. The molecule has 0 bridgehead atoms. The Morgan fingerprint density at radius 2 is 2.36 bits per heavy atom. The molecule has 0 saturated heterocycles. The van der Waals surface area contributed by atoms with Crippen molar-refractivity contribution in [3.05, 3.63) is 24.0 Å². The fraction of sp³-hybridized carbons (Fsp3) is 0.200. The van der Waals surface area contributed by atoms with E-state index in [0.717, 1.165) is 5.52 Å². The second-order valence-corrected chi connectivity index (χ2v) is 3.00. The number of H-pyrrole nitrogens is 1. The predicted molar refractivity (Wildman–Crippen MR) is 52.7 cm³/mol. The molecular formula is C10H10N2O2. The molecule has 14 heavy (non-hydrogen) atoms. The second kappa shape index (κ2) is 3.14. The SMILES string of the molecule is COc1ccnc2c(C(C)=O)c[nH]c12. The molecule has 4 nitrogen and oxygen atoms in total. The second-order valence-electron chi connectivity index (χ2n) is 3.00. The van der Waals surface area contributed by atoms with E-state index in [4.69, 9.17) is 4.74 Å². The number of hydrogen-bond donors (Lipinski definition) is 1. The number of Topliss-reactive ketones (excluding diaryl/α,β-unsaturated/α-hetero) is 1. The van der Waals surface area contributed by atoms with Gasteiger partial charge in [0.25, 0.3) is 0 Å². The summed E-state index contributed by atoms with van der Waals surface area (Å²) in [5, 5.41) is 0. The van der Waals surface area contributed by atoms with E-state index in [2.05, 4.69) is 9.97 Å². The zero-order valence-corrected chi connectivity index (χ0v) is 8.00. The van der Waals surface area contributed by atoms with Gasteiger partial charge in [-0.25, -0.2) is 0 Å². The maximum atomic E-state index is 11.2. The van der Waals surface area contributed by atoms with E-state index in [1.807, 2.05) is 0 Å². The molecule has 72 valence electrons. The minimum Gasteiger partial charge on any atom is -0.494 e. The number of hydrogen-bond acceptors (Lipinski definition) is 3. The zero-order chi connectivity index (χ0) is 10.1. The molecule has 0 spiro atoms. The lowest BCUT2D eigenvalue weighted by Gasteiger charge is -1.99. The molecule has 0 aromatic carbocycles. The molecular weight excluding hydrogens is 180 g/mol. The third-order valence-corrected chi connectivity index (χ3v) is 2.13. The van der Waals surface area contributed by atoms with Gasteiger partial charge in [-0.3, -0.25) is 9.78 Å². The number of nitrogens with one attached hydrogen (secondary N) is 1. The Balaban J connectivity index is 2.75. The highest BCUT2D eigenvalue weighted by Crippen LogP contribution is 2.24. The van der Waals surface area contributed by atoms with Crippen LogP contribution in [0.1, 0.15) is 17.3 Å². The minimum atomic E-state index is -0.00277. The third-order valence-electron chi connectivity index (χ3n) is 2.13. The molecule has 0 aliphatic heterocycles. The van der Waals surface area contributed by atoms with E-state index in [-0.39, 0.29) is 5.78 Å². The summed E-state index contributed by atoms with van der Waals surface area (Å²) in [4.78, 5) is 18.3. The molecule has 4 heteroatoms. The number of methoxy groups -OCH3 is 1. The highest BCUT2D eigenvalue weighted by Gasteiger charge is 2.11. The number of nitrogens with zero attached hydrogens (tertiary/aromatic N) is 1. The van der Waals surface area contributed by atoms with Crippen molar-refractivity contribution in [3.8, 4) is 5.75 Å². The van der Waals surface area contributed by atoms with Gasteiger partial charge in [0.2, 0.25) is 0 Å². The summed E-state index contributed by atoms with van der Waals surface area (Å²) >= 11 is 0. The van der Waals surface area contributed by atoms with E-state index in [9.17, 15) is 4.79 Å². The molecule has 1 N–H and O–H groups in total. The number of pyridine rings is 1. The van der Waals surface area contributed by atoms with Gasteiger partial charge in [0.05, 0.1) is 12.7 Å². The lowest BCUT2D eigenvalue weighted by Crippen LogP contribution is -1.91. The quantitative estimate of drug-likeness (QED) is 0.734. The number of rotatable bonds is 2. The third kappa shape index (κ3) is 1.16. The van der Waals surface area contributed by atoms with Gasteiger partial charge < -0.3 is 9.72 Å². The molecule has 0 atom stereocenters. The summed E-state index contributed by atoms with van der Waals surface area (Å²) in [7, 11) is 1.59. The molecule has 0 saturated carbocycles. The lowest BCUT2D eigenvalue weighted by molar-refractivity contribution is 0.101. The molecule has 0 radical (unpaired) electrons. The van der Waals surface area contributed by atoms with Gasteiger partial charge in [-0.05, 0) is 6.92 Å². The van der Waals surface area contributed by atoms with Crippen LogP contribution in [0.4, 0.5) is 0 Å². The van der Waals surface area contributed by atoms with Crippen molar-refractivity contribution in [2.24, 2.45) is 0 Å². The number of carbonyl (C=O) groups is 1. The fourth-order valence-corrected chi connectivity index (χ4v) is 1.44. The summed E-state index contributed by atoms with van der Waals surface area (Å²) in [6, 6.07) is 1.75. The van der Waals surface area contributed by atoms with E-state index in [1.54, 1.807) is 25.6 Å². The van der Waals surface area contributed by atoms with Crippen LogP contribution < -0.4 is 4.74 Å². The minimum absolute atomic E-state index is 0.00277. The number of aromatic amines is 1. The van der Waals surface area contributed by atoms with Gasteiger partial charge in [-0.15, -0.1) is 0 Å². The summed E-state index contributed by atoms with van der Waals surface area (Å²) < 4.78 is 5.14. The molecule has 2 aromatic heterocycles. The van der Waals surface area contributed by atoms with E-state index < -0.39 is 0 Å². The van der Waals surface area contributed by atoms with Crippen molar-refractivity contribution >= 4 is 16.8 Å². The van der Waals surface area contributed by atoms with Gasteiger partial charge in [-0.1, -0.05) is 0 Å². The monoisotopic (exact) mass is 190 g/mol. The molecule has 0 amide bonds. The molecule has 0 aliphatic rings. The Hall–Kier alpha value is -1.84. The largest absolute Gasteiger partial charge is 0.494 e. The van der Waals surface area contributed by atoms with Crippen molar-refractivity contribution in [1.82, 2.24) is 9.97 Å². The topological polar surface area (TPSA) is 55.0 Å². The number of ketones is 1. The van der Waals surface area contributed by atoms with Crippen LogP contribution in [0.3, 0.4) is 0 Å². The van der Waals surface area contributed by atoms with Crippen molar-refractivity contribution in [3.63, 3.8) is 0 Å². The van der Waals surface area contributed by atoms with E-state index >= 15 is 0 Å². The van der Waals surface area contributed by atoms with Gasteiger partial charge in [0.1, 0.15) is 16.8 Å². The highest BCUT2D eigenvalue weighted by molar-refractivity contribution is 6.06. The maximum Gasteiger partial charge on any atom is 0.163 e. The predicted octanol–water partition coefficient (Wildman–Crippen LogP) is 1.77. The first kappa shape index (κ1) is 8.74. The smallest absolute Gasteiger partial charge is 0.163 e. The van der Waals surface area contributed by atoms with Crippen molar-refractivity contribution in [1.29, 1.82) is 0 Å². The van der Waals surface area contributed by atoms with Crippen molar-refractivity contribution in [2.45, 2.75) is 6.92 Å². The first-order chi connectivity index (χ1) is 6.74. The molecule has 0 fully saturated rings. The van der Waals surface area contributed by atoms with Crippen LogP contribution in [0.15, 0.2) is 18.5 Å². The Morgan fingerprint density at radius 3 is 3.00 bits per heavy atom. The summed E-state index contributed by atoms with van der Waals surface area (Å²) in [5.41, 5.74) is 2.02. The van der Waals surface area contributed by atoms with Gasteiger partial charge in [-0.2, -0.15) is 0 Å². The maximum absolute atomic E-state index is 11.2. The van der Waals surface area contributed by atoms with Crippen LogP contribution in [-0.2, 0) is 0 Å². The Morgan fingerprint density at radius 1 is 1.57 bits per heavy atom. The van der Waals surface area contributed by atoms with Crippen LogP contribution in [-0.4, -0.2) is 22.9 Å². The van der Waals surface area contributed by atoms with E-state index in [0.29, 0.717) is 16.8 Å². The Labute approximate surface area is 80.9 Å². The summed E-state index contributed by atoms with van der Waals surface area (Å²) in [6.07, 6.45) is 3.28. The van der Waals surface area contributed by atoms with Crippen LogP contribution in [0, 0.1) is 0 Å². The van der Waals surface area contributed by atoms with Crippen LogP contribution in [0.2, 0.25) is 0 Å². The fourth-order valence-electron chi connectivity index (χ4n) is 1.44. The Kier molecular flexibility index (Phi) is 1.96. The van der Waals surface area contributed by atoms with E-state index in [1.165, 1.54) is 6.92 Å². The van der Waals surface area contributed by atoms with Gasteiger partial charge in [0.15, 0.2) is 5.78 Å². The molecule has 0 aliphatic carbocycles. The van der Waals surface area contributed by atoms with Crippen LogP contribution in [0.25, 0.3) is 11.0 Å². The van der Waals surface area contributed by atoms with Gasteiger partial charge >= 0.3 is 0 Å². The standard InChI is InChI=1S/C10H10N2O2/c1-6(13)7-5-12-10-8(14-2)3-4-11-9(7)10/h3-5,12H,1-2H3. The average Bonchev–Trinajstić information content (AvgIpc) is 2.60. The van der Waals surface area contributed by atoms with Crippen LogP contribution >= 0.6 is 0 Å². The highest BCUT2D eigenvalue weighted by atomic mass is 16.5. The van der Waals surface area contributed by atoms with Crippen LogP contribution in [0.5, 0.6) is 5.75 Å². The van der Waals surface area contributed by atoms with Crippen molar-refractivity contribution < 1.29 is 9.53 Å². The molecule has 0 unspecified atom stereocenters. The summed E-state index contributed by atoms with van der Waals surface area (Å²) in [5.74, 6) is 0.694. The first-order valence-electron chi connectivity index (χ1n) is 4.25. The number of carbonyl (C=O) groups excluding carboxylic acids is 1. The average molecular weight is 190 g/mol. The first-order valence-corrected chi connectivity index (χ1v) is 4.25. The normalized spacial score (nSPS) is 10.4. The van der Waals surface area contributed by atoms with Crippen molar-refractivity contribution in [2.75, 3.05) is 7.11 Å². The molecule has 2 rings (SSSR count). The summed E-state index contributed by atoms with van der Waals surface area (Å²) in [6.45, 7) is 1.52. The number of fused-ring (bicyclic) bond motifs is 1. The molecule has 2 heterocycles.